The molecule has 5 heteroatoms. The molecule has 2 aromatic rings. The van der Waals surface area contributed by atoms with E-state index in [1.165, 1.54) is 17.7 Å². The Labute approximate surface area is 110 Å². The predicted molar refractivity (Wildman–Crippen MR) is 75.5 cm³/mol. The summed E-state index contributed by atoms with van der Waals surface area (Å²) in [5.41, 5.74) is 5.84. The van der Waals surface area contributed by atoms with Crippen LogP contribution >= 0.6 is 0 Å². The van der Waals surface area contributed by atoms with Crippen molar-refractivity contribution in [2.24, 2.45) is 5.10 Å². The average molecular weight is 255 g/mol. The van der Waals surface area contributed by atoms with Crippen molar-refractivity contribution in [1.82, 2.24) is 0 Å². The zero-order valence-electron chi connectivity index (χ0n) is 10.4. The number of aryl methyl sites for hydroxylation is 1. The molecule has 0 bridgehead atoms. The van der Waals surface area contributed by atoms with Gasteiger partial charge in [-0.3, -0.25) is 15.5 Å². The molecular formula is C14H13N3O2. The van der Waals surface area contributed by atoms with E-state index in [0.717, 1.165) is 11.3 Å². The molecule has 0 unspecified atom stereocenters. The van der Waals surface area contributed by atoms with Gasteiger partial charge in [-0.1, -0.05) is 17.7 Å². The number of hydrogen-bond donors (Lipinski definition) is 1. The first-order valence-electron chi connectivity index (χ1n) is 5.75. The number of hydrogen-bond acceptors (Lipinski definition) is 4. The first-order chi connectivity index (χ1) is 9.15. The number of nitrogens with one attached hydrogen (secondary N) is 1. The smallest absolute Gasteiger partial charge is 0.269 e. The van der Waals surface area contributed by atoms with Crippen LogP contribution < -0.4 is 5.43 Å². The van der Waals surface area contributed by atoms with Gasteiger partial charge in [-0.05, 0) is 36.8 Å². The van der Waals surface area contributed by atoms with Crippen LogP contribution in [0.5, 0.6) is 0 Å². The van der Waals surface area contributed by atoms with E-state index in [9.17, 15) is 10.1 Å². The van der Waals surface area contributed by atoms with Crippen molar-refractivity contribution in [3.8, 4) is 0 Å². The fraction of sp³-hybridized carbons (Fsp3) is 0.0714. The molecule has 96 valence electrons. The SMILES string of the molecule is Cc1ccc(N/N=C\c2ccc([N+](=O)[O-])cc2)cc1. The van der Waals surface area contributed by atoms with Crippen molar-refractivity contribution in [2.45, 2.75) is 6.92 Å². The van der Waals surface area contributed by atoms with E-state index >= 15 is 0 Å². The molecule has 0 fully saturated rings. The lowest BCUT2D eigenvalue weighted by Gasteiger charge is -2.00. The second-order valence-electron chi connectivity index (χ2n) is 4.08. The van der Waals surface area contributed by atoms with Crippen LogP contribution in [0.1, 0.15) is 11.1 Å². The monoisotopic (exact) mass is 255 g/mol. The van der Waals surface area contributed by atoms with Gasteiger partial charge in [-0.15, -0.1) is 0 Å². The Morgan fingerprint density at radius 1 is 1.11 bits per heavy atom. The number of nitrogens with zero attached hydrogens (tertiary/aromatic N) is 2. The minimum absolute atomic E-state index is 0.0728. The summed E-state index contributed by atoms with van der Waals surface area (Å²) in [6, 6.07) is 14.1. The highest BCUT2D eigenvalue weighted by Gasteiger charge is 2.02. The normalized spacial score (nSPS) is 10.6. The summed E-state index contributed by atoms with van der Waals surface area (Å²) in [5, 5.41) is 14.6. The fourth-order valence-electron chi connectivity index (χ4n) is 1.49. The molecule has 0 atom stereocenters. The molecule has 19 heavy (non-hydrogen) atoms. The molecule has 0 heterocycles. The number of rotatable bonds is 4. The molecule has 1 N–H and O–H groups in total. The van der Waals surface area contributed by atoms with Crippen LogP contribution in [0.2, 0.25) is 0 Å². The van der Waals surface area contributed by atoms with E-state index in [0.29, 0.717) is 0 Å². The Balaban J connectivity index is 1.98. The maximum absolute atomic E-state index is 10.5. The highest BCUT2D eigenvalue weighted by molar-refractivity contribution is 5.80. The minimum atomic E-state index is -0.425. The van der Waals surface area contributed by atoms with Crippen molar-refractivity contribution >= 4 is 17.6 Å². The van der Waals surface area contributed by atoms with Crippen LogP contribution in [0.4, 0.5) is 11.4 Å². The van der Waals surface area contributed by atoms with Crippen molar-refractivity contribution in [1.29, 1.82) is 0 Å². The van der Waals surface area contributed by atoms with Crippen molar-refractivity contribution < 1.29 is 4.92 Å². The molecule has 0 aliphatic heterocycles. The van der Waals surface area contributed by atoms with Gasteiger partial charge in [0.2, 0.25) is 0 Å². The highest BCUT2D eigenvalue weighted by atomic mass is 16.6. The molecule has 0 saturated carbocycles. The van der Waals surface area contributed by atoms with Gasteiger partial charge in [-0.2, -0.15) is 5.10 Å². The Bertz CT molecular complexity index is 589. The van der Waals surface area contributed by atoms with E-state index in [-0.39, 0.29) is 5.69 Å². The zero-order valence-corrected chi connectivity index (χ0v) is 10.4. The topological polar surface area (TPSA) is 67.5 Å². The van der Waals surface area contributed by atoms with Gasteiger partial charge in [-0.25, -0.2) is 0 Å². The van der Waals surface area contributed by atoms with Gasteiger partial charge < -0.3 is 0 Å². The van der Waals surface area contributed by atoms with E-state index in [1.54, 1.807) is 18.3 Å². The van der Waals surface area contributed by atoms with E-state index in [2.05, 4.69) is 10.5 Å². The first kappa shape index (κ1) is 12.8. The molecule has 2 aromatic carbocycles. The molecule has 0 aliphatic carbocycles. The van der Waals surface area contributed by atoms with Crippen LogP contribution in [0.25, 0.3) is 0 Å². The summed E-state index contributed by atoms with van der Waals surface area (Å²) in [4.78, 5) is 10.1. The Morgan fingerprint density at radius 3 is 2.32 bits per heavy atom. The van der Waals surface area contributed by atoms with Gasteiger partial charge in [0.15, 0.2) is 0 Å². The summed E-state index contributed by atoms with van der Waals surface area (Å²) in [6.45, 7) is 2.02. The number of nitro benzene ring substituents is 1. The molecule has 0 saturated heterocycles. The average Bonchev–Trinajstić information content (AvgIpc) is 2.41. The van der Waals surface area contributed by atoms with Crippen LogP contribution in [0.3, 0.4) is 0 Å². The molecule has 0 aliphatic rings. The number of hydrazone groups is 1. The maximum Gasteiger partial charge on any atom is 0.269 e. The number of non-ortho nitro benzene ring substituents is 1. The standard InChI is InChI=1S/C14H13N3O2/c1-11-2-6-13(7-3-11)16-15-10-12-4-8-14(9-5-12)17(18)19/h2-10,16H,1H3/b15-10-. The summed E-state index contributed by atoms with van der Waals surface area (Å²) >= 11 is 0. The maximum atomic E-state index is 10.5. The summed E-state index contributed by atoms with van der Waals surface area (Å²) in [6.07, 6.45) is 1.61. The second-order valence-corrected chi connectivity index (χ2v) is 4.08. The summed E-state index contributed by atoms with van der Waals surface area (Å²) in [5.74, 6) is 0. The summed E-state index contributed by atoms with van der Waals surface area (Å²) < 4.78 is 0. The lowest BCUT2D eigenvalue weighted by atomic mass is 10.2. The third-order valence-corrected chi connectivity index (χ3v) is 2.56. The molecule has 0 radical (unpaired) electrons. The Kier molecular flexibility index (Phi) is 3.87. The number of benzene rings is 2. The van der Waals surface area contributed by atoms with Gasteiger partial charge in [0, 0.05) is 12.1 Å². The van der Waals surface area contributed by atoms with E-state index in [1.807, 2.05) is 31.2 Å². The molecular weight excluding hydrogens is 242 g/mol. The van der Waals surface area contributed by atoms with Crippen LogP contribution in [-0.4, -0.2) is 11.1 Å². The van der Waals surface area contributed by atoms with E-state index in [4.69, 9.17) is 0 Å². The van der Waals surface area contributed by atoms with Crippen molar-refractivity contribution in [2.75, 3.05) is 5.43 Å². The van der Waals surface area contributed by atoms with Gasteiger partial charge in [0.25, 0.3) is 5.69 Å². The third kappa shape index (κ3) is 3.64. The molecule has 0 amide bonds. The van der Waals surface area contributed by atoms with Crippen LogP contribution in [-0.2, 0) is 0 Å². The van der Waals surface area contributed by atoms with Gasteiger partial charge >= 0.3 is 0 Å². The summed E-state index contributed by atoms with van der Waals surface area (Å²) in [7, 11) is 0. The zero-order chi connectivity index (χ0) is 13.7. The predicted octanol–water partition coefficient (Wildman–Crippen LogP) is 3.35. The fourth-order valence-corrected chi connectivity index (χ4v) is 1.49. The van der Waals surface area contributed by atoms with Crippen LogP contribution in [0, 0.1) is 17.0 Å². The number of anilines is 1. The minimum Gasteiger partial charge on any atom is -0.279 e. The molecule has 0 spiro atoms. The highest BCUT2D eigenvalue weighted by Crippen LogP contribution is 2.11. The van der Waals surface area contributed by atoms with E-state index < -0.39 is 4.92 Å². The third-order valence-electron chi connectivity index (χ3n) is 2.56. The lowest BCUT2D eigenvalue weighted by Crippen LogP contribution is -1.91. The molecule has 0 aromatic heterocycles. The number of nitro groups is 1. The largest absolute Gasteiger partial charge is 0.279 e. The lowest BCUT2D eigenvalue weighted by molar-refractivity contribution is -0.384. The molecule has 2 rings (SSSR count). The second kappa shape index (κ2) is 5.77. The van der Waals surface area contributed by atoms with Gasteiger partial charge in [0.05, 0.1) is 16.8 Å². The van der Waals surface area contributed by atoms with Crippen molar-refractivity contribution in [3.05, 3.63) is 69.8 Å². The Hall–Kier alpha value is -2.69. The van der Waals surface area contributed by atoms with Gasteiger partial charge in [0.1, 0.15) is 0 Å². The Morgan fingerprint density at radius 2 is 1.74 bits per heavy atom. The first-order valence-corrected chi connectivity index (χ1v) is 5.75. The quantitative estimate of drug-likeness (QED) is 0.517. The molecule has 5 nitrogen and oxygen atoms in total. The van der Waals surface area contributed by atoms with Crippen LogP contribution in [0.15, 0.2) is 53.6 Å². The van der Waals surface area contributed by atoms with Crippen molar-refractivity contribution in [3.63, 3.8) is 0 Å².